The van der Waals surface area contributed by atoms with Crippen molar-refractivity contribution in [2.75, 3.05) is 0 Å². The highest BCUT2D eigenvalue weighted by molar-refractivity contribution is 7.92. The molecule has 106 valence electrons. The van der Waals surface area contributed by atoms with Gasteiger partial charge in [-0.1, -0.05) is 13.3 Å². The molecule has 1 atom stereocenters. The van der Waals surface area contributed by atoms with E-state index in [-0.39, 0.29) is 0 Å². The topological polar surface area (TPSA) is 71.4 Å². The molecule has 0 bridgehead atoms. The Morgan fingerprint density at radius 2 is 1.95 bits per heavy atom. The zero-order valence-corrected chi connectivity index (χ0v) is 11.3. The number of benzene rings is 1. The molecule has 0 amide bonds. The molecule has 0 heterocycles. The van der Waals surface area contributed by atoms with Gasteiger partial charge in [0.1, 0.15) is 16.3 Å². The first-order valence-corrected chi connectivity index (χ1v) is 7.23. The van der Waals surface area contributed by atoms with Crippen molar-refractivity contribution in [1.82, 2.24) is 0 Å². The first kappa shape index (κ1) is 15.6. The summed E-state index contributed by atoms with van der Waals surface area (Å²) in [5, 5.41) is 7.84. The van der Waals surface area contributed by atoms with Crippen molar-refractivity contribution < 1.29 is 27.1 Å². The van der Waals surface area contributed by atoms with Gasteiger partial charge in [-0.05, 0) is 25.5 Å². The lowest BCUT2D eigenvalue weighted by Gasteiger charge is -2.13. The average molecular weight is 292 g/mol. The van der Waals surface area contributed by atoms with E-state index in [0.717, 1.165) is 6.07 Å². The molecule has 0 saturated heterocycles. The van der Waals surface area contributed by atoms with Crippen molar-refractivity contribution in [2.24, 2.45) is 0 Å². The Bertz CT molecular complexity index is 596. The Labute approximate surface area is 110 Å². The van der Waals surface area contributed by atoms with Crippen molar-refractivity contribution in [1.29, 1.82) is 0 Å². The fourth-order valence-electron chi connectivity index (χ4n) is 1.73. The van der Waals surface area contributed by atoms with E-state index in [0.29, 0.717) is 18.9 Å². The predicted molar refractivity (Wildman–Crippen MR) is 64.9 cm³/mol. The number of rotatable bonds is 5. The molecule has 19 heavy (non-hydrogen) atoms. The summed E-state index contributed by atoms with van der Waals surface area (Å²) in [6, 6.07) is 1.41. The van der Waals surface area contributed by atoms with Gasteiger partial charge in [0.15, 0.2) is 15.7 Å². The second-order valence-electron chi connectivity index (χ2n) is 4.18. The van der Waals surface area contributed by atoms with Gasteiger partial charge in [-0.3, -0.25) is 0 Å². The van der Waals surface area contributed by atoms with Gasteiger partial charge in [-0.25, -0.2) is 22.0 Å². The van der Waals surface area contributed by atoms with E-state index in [2.05, 4.69) is 0 Å². The predicted octanol–water partition coefficient (Wildman–Crippen LogP) is 2.63. The molecule has 0 aromatic heterocycles. The van der Waals surface area contributed by atoms with Crippen molar-refractivity contribution in [3.05, 3.63) is 29.3 Å². The quantitative estimate of drug-likeness (QED) is 0.847. The van der Waals surface area contributed by atoms with E-state index in [1.165, 1.54) is 6.92 Å². The Kier molecular flexibility index (Phi) is 4.62. The highest BCUT2D eigenvalue weighted by atomic mass is 32.2. The summed E-state index contributed by atoms with van der Waals surface area (Å²) in [5.41, 5.74) is -1.25. The molecule has 1 N–H and O–H groups in total. The second-order valence-corrected chi connectivity index (χ2v) is 6.52. The molecular formula is C12H14F2O4S. The molecule has 1 unspecified atom stereocenters. The molecule has 0 radical (unpaired) electrons. The zero-order valence-electron chi connectivity index (χ0n) is 10.5. The lowest BCUT2D eigenvalue weighted by atomic mass is 10.2. The maximum Gasteiger partial charge on any atom is 0.341 e. The van der Waals surface area contributed by atoms with Crippen LogP contribution in [0, 0.1) is 11.6 Å². The Hall–Kier alpha value is -1.50. The van der Waals surface area contributed by atoms with Crippen LogP contribution in [0.4, 0.5) is 8.78 Å². The lowest BCUT2D eigenvalue weighted by Crippen LogP contribution is -2.20. The van der Waals surface area contributed by atoms with Crippen molar-refractivity contribution in [3.8, 4) is 0 Å². The number of carboxylic acid groups (broad SMARTS) is 1. The number of hydrogen-bond donors (Lipinski definition) is 1. The summed E-state index contributed by atoms with van der Waals surface area (Å²) in [7, 11) is -4.01. The van der Waals surface area contributed by atoms with Crippen LogP contribution in [-0.2, 0) is 9.84 Å². The van der Waals surface area contributed by atoms with Crippen LogP contribution in [0.5, 0.6) is 0 Å². The largest absolute Gasteiger partial charge is 0.477 e. The van der Waals surface area contributed by atoms with E-state index in [9.17, 15) is 22.0 Å². The number of halogens is 2. The van der Waals surface area contributed by atoms with Gasteiger partial charge in [0.2, 0.25) is 0 Å². The monoisotopic (exact) mass is 292 g/mol. The van der Waals surface area contributed by atoms with E-state index in [1.54, 1.807) is 6.92 Å². The molecule has 4 nitrogen and oxygen atoms in total. The fourth-order valence-corrected chi connectivity index (χ4v) is 3.32. The maximum atomic E-state index is 13.9. The van der Waals surface area contributed by atoms with E-state index in [4.69, 9.17) is 5.11 Å². The summed E-state index contributed by atoms with van der Waals surface area (Å²) < 4.78 is 51.2. The Balaban J connectivity index is 3.45. The fraction of sp³-hybridized carbons (Fsp3) is 0.417. The van der Waals surface area contributed by atoms with Crippen LogP contribution in [0.25, 0.3) is 0 Å². The third kappa shape index (κ3) is 2.91. The van der Waals surface area contributed by atoms with Gasteiger partial charge in [0.05, 0.1) is 5.25 Å². The minimum atomic E-state index is -4.01. The number of carboxylic acids is 1. The second kappa shape index (κ2) is 5.64. The molecule has 0 fully saturated rings. The summed E-state index contributed by atoms with van der Waals surface area (Å²) in [6.45, 7) is 3.18. The third-order valence-electron chi connectivity index (χ3n) is 2.80. The zero-order chi connectivity index (χ0) is 14.8. The van der Waals surface area contributed by atoms with Crippen molar-refractivity contribution in [3.63, 3.8) is 0 Å². The van der Waals surface area contributed by atoms with Crippen LogP contribution in [0.1, 0.15) is 37.0 Å². The first-order valence-electron chi connectivity index (χ1n) is 5.68. The SMILES string of the molecule is CCCC(C)S(=O)(=O)c1ccc(F)c(C(=O)O)c1F. The molecule has 7 heteroatoms. The van der Waals surface area contributed by atoms with Crippen LogP contribution in [-0.4, -0.2) is 24.7 Å². The highest BCUT2D eigenvalue weighted by Crippen LogP contribution is 2.25. The van der Waals surface area contributed by atoms with Gasteiger partial charge in [0, 0.05) is 0 Å². The van der Waals surface area contributed by atoms with Gasteiger partial charge in [0.25, 0.3) is 0 Å². The van der Waals surface area contributed by atoms with Crippen LogP contribution >= 0.6 is 0 Å². The summed E-state index contributed by atoms with van der Waals surface area (Å²) in [4.78, 5) is 9.97. The molecule has 0 aliphatic heterocycles. The summed E-state index contributed by atoms with van der Waals surface area (Å²) in [6.07, 6.45) is 0.885. The van der Waals surface area contributed by atoms with Gasteiger partial charge < -0.3 is 5.11 Å². The minimum absolute atomic E-state index is 0.307. The van der Waals surface area contributed by atoms with Gasteiger partial charge >= 0.3 is 5.97 Å². The third-order valence-corrected chi connectivity index (χ3v) is 5.02. The molecule has 1 aromatic carbocycles. The van der Waals surface area contributed by atoms with Crippen LogP contribution in [0.3, 0.4) is 0 Å². The lowest BCUT2D eigenvalue weighted by molar-refractivity contribution is 0.0685. The molecule has 1 aromatic rings. The van der Waals surface area contributed by atoms with Gasteiger partial charge in [-0.15, -0.1) is 0 Å². The molecule has 0 aliphatic carbocycles. The molecule has 0 spiro atoms. The average Bonchev–Trinajstić information content (AvgIpc) is 2.28. The summed E-state index contributed by atoms with van der Waals surface area (Å²) in [5.74, 6) is -4.68. The molecule has 1 rings (SSSR count). The van der Waals surface area contributed by atoms with Crippen LogP contribution in [0.15, 0.2) is 17.0 Å². The Morgan fingerprint density at radius 3 is 2.42 bits per heavy atom. The van der Waals surface area contributed by atoms with E-state index in [1.807, 2.05) is 0 Å². The molecular weight excluding hydrogens is 278 g/mol. The highest BCUT2D eigenvalue weighted by Gasteiger charge is 2.30. The standard InChI is InChI=1S/C12H14F2O4S/c1-3-4-7(2)19(17,18)9-6-5-8(13)10(11(9)14)12(15)16/h5-7H,3-4H2,1-2H3,(H,15,16). The van der Waals surface area contributed by atoms with Crippen molar-refractivity contribution in [2.45, 2.75) is 36.8 Å². The van der Waals surface area contributed by atoms with Crippen LogP contribution in [0.2, 0.25) is 0 Å². The number of aromatic carboxylic acids is 1. The number of sulfone groups is 1. The first-order chi connectivity index (χ1) is 8.73. The van der Waals surface area contributed by atoms with E-state index >= 15 is 0 Å². The smallest absolute Gasteiger partial charge is 0.341 e. The van der Waals surface area contributed by atoms with Crippen molar-refractivity contribution >= 4 is 15.8 Å². The summed E-state index contributed by atoms with van der Waals surface area (Å²) >= 11 is 0. The van der Waals surface area contributed by atoms with Crippen LogP contribution < -0.4 is 0 Å². The molecule has 0 saturated carbocycles. The number of carbonyl (C=O) groups is 1. The van der Waals surface area contributed by atoms with E-state index < -0.39 is 43.1 Å². The maximum absolute atomic E-state index is 13.9. The normalized spacial score (nSPS) is 13.3. The Morgan fingerprint density at radius 1 is 1.37 bits per heavy atom. The minimum Gasteiger partial charge on any atom is -0.477 e. The number of hydrogen-bond acceptors (Lipinski definition) is 3. The van der Waals surface area contributed by atoms with Gasteiger partial charge in [-0.2, -0.15) is 0 Å². The molecule has 0 aliphatic rings.